The average molecular weight is 512 g/mol. The largest absolute Gasteiger partial charge is 0.489 e. The zero-order chi connectivity index (χ0) is 20.1. The molecule has 1 fully saturated rings. The van der Waals surface area contributed by atoms with Gasteiger partial charge in [-0.05, 0) is 81.9 Å². The molecule has 6 heteroatoms. The van der Waals surface area contributed by atoms with Crippen molar-refractivity contribution < 1.29 is 9.53 Å². The molecule has 29 heavy (non-hydrogen) atoms. The number of carbonyl (C=O) groups is 1. The molecule has 144 valence electrons. The van der Waals surface area contributed by atoms with Crippen molar-refractivity contribution in [1.29, 1.82) is 0 Å². The molecule has 1 aliphatic rings. The highest BCUT2D eigenvalue weighted by Gasteiger charge is 2.23. The maximum Gasteiger partial charge on any atom is 0.264 e. The predicted octanol–water partition coefficient (Wildman–Crippen LogP) is 5.76. The van der Waals surface area contributed by atoms with E-state index in [1.54, 1.807) is 0 Å². The average Bonchev–Trinajstić information content (AvgIpc) is 3.07. The van der Waals surface area contributed by atoms with Crippen molar-refractivity contribution in [3.8, 4) is 5.75 Å². The zero-order valence-electron chi connectivity index (χ0n) is 15.3. The maximum absolute atomic E-state index is 12.3. The summed E-state index contributed by atoms with van der Waals surface area (Å²) in [5.41, 5.74) is 2.88. The Balaban J connectivity index is 1.41. The van der Waals surface area contributed by atoms with Crippen molar-refractivity contribution in [2.24, 2.45) is 4.99 Å². The first kappa shape index (κ1) is 19.7. The van der Waals surface area contributed by atoms with Gasteiger partial charge in [0.25, 0.3) is 5.91 Å². The number of halogens is 1. The summed E-state index contributed by atoms with van der Waals surface area (Å²) in [5.74, 6) is 0.657. The van der Waals surface area contributed by atoms with Crippen LogP contribution in [0.2, 0.25) is 0 Å². The zero-order valence-corrected chi connectivity index (χ0v) is 18.3. The van der Waals surface area contributed by atoms with E-state index >= 15 is 0 Å². The third kappa shape index (κ3) is 5.48. The van der Waals surface area contributed by atoms with Crippen molar-refractivity contribution >= 4 is 57.2 Å². The van der Waals surface area contributed by atoms with Gasteiger partial charge in [0.05, 0.1) is 10.6 Å². The number of aliphatic imine (C=N–C) groups is 1. The summed E-state index contributed by atoms with van der Waals surface area (Å²) in [4.78, 5) is 17.4. The van der Waals surface area contributed by atoms with Crippen LogP contribution >= 0.6 is 34.4 Å². The minimum atomic E-state index is -0.135. The van der Waals surface area contributed by atoms with Gasteiger partial charge >= 0.3 is 0 Å². The lowest BCUT2D eigenvalue weighted by atomic mass is 10.2. The quantitative estimate of drug-likeness (QED) is 0.349. The van der Waals surface area contributed by atoms with Gasteiger partial charge in [-0.3, -0.25) is 4.79 Å². The van der Waals surface area contributed by atoms with Crippen LogP contribution in [0.5, 0.6) is 5.75 Å². The van der Waals surface area contributed by atoms with Crippen LogP contribution < -0.4 is 10.1 Å². The number of benzene rings is 3. The lowest BCUT2D eigenvalue weighted by molar-refractivity contribution is -0.115. The van der Waals surface area contributed by atoms with Crippen molar-refractivity contribution in [2.45, 2.75) is 6.61 Å². The second-order valence-electron chi connectivity index (χ2n) is 6.30. The third-order valence-electron chi connectivity index (χ3n) is 4.12. The van der Waals surface area contributed by atoms with E-state index in [4.69, 9.17) is 4.74 Å². The third-order valence-corrected chi connectivity index (χ3v) is 5.70. The number of rotatable bonds is 5. The van der Waals surface area contributed by atoms with E-state index in [-0.39, 0.29) is 5.91 Å². The summed E-state index contributed by atoms with van der Waals surface area (Å²) < 4.78 is 6.91. The molecule has 1 N–H and O–H groups in total. The highest BCUT2D eigenvalue weighted by molar-refractivity contribution is 14.1. The van der Waals surface area contributed by atoms with E-state index in [9.17, 15) is 4.79 Å². The molecule has 0 aliphatic carbocycles. The van der Waals surface area contributed by atoms with Crippen LogP contribution in [0.1, 0.15) is 11.1 Å². The molecule has 1 heterocycles. The molecule has 4 rings (SSSR count). The first-order valence-corrected chi connectivity index (χ1v) is 10.9. The lowest BCUT2D eigenvalue weighted by Gasteiger charge is -2.06. The monoisotopic (exact) mass is 512 g/mol. The minimum Gasteiger partial charge on any atom is -0.489 e. The van der Waals surface area contributed by atoms with Crippen LogP contribution in [0.25, 0.3) is 6.08 Å². The molecule has 1 aliphatic heterocycles. The second kappa shape index (κ2) is 9.28. The SMILES string of the molecule is O=C1NC(=Nc2cccc(I)c2)S/C1=C/c1ccc(OCc2ccccc2)cc1. The number of hydrogen-bond donors (Lipinski definition) is 1. The summed E-state index contributed by atoms with van der Waals surface area (Å²) in [5, 5.41) is 3.41. The van der Waals surface area contributed by atoms with E-state index in [2.05, 4.69) is 32.9 Å². The van der Waals surface area contributed by atoms with Crippen LogP contribution in [-0.4, -0.2) is 11.1 Å². The van der Waals surface area contributed by atoms with Gasteiger partial charge in [0.15, 0.2) is 5.17 Å². The molecule has 0 saturated carbocycles. The van der Waals surface area contributed by atoms with Crippen molar-refractivity contribution in [3.63, 3.8) is 0 Å². The molecular formula is C23H17IN2O2S. The van der Waals surface area contributed by atoms with Gasteiger partial charge in [0.1, 0.15) is 12.4 Å². The van der Waals surface area contributed by atoms with Crippen LogP contribution in [0.4, 0.5) is 5.69 Å². The highest BCUT2D eigenvalue weighted by atomic mass is 127. The number of carbonyl (C=O) groups excluding carboxylic acids is 1. The topological polar surface area (TPSA) is 50.7 Å². The van der Waals surface area contributed by atoms with Crippen molar-refractivity contribution in [1.82, 2.24) is 5.32 Å². The van der Waals surface area contributed by atoms with Crippen LogP contribution in [-0.2, 0) is 11.4 Å². The Labute approximate surface area is 187 Å². The fourth-order valence-electron chi connectivity index (χ4n) is 2.70. The molecule has 0 spiro atoms. The molecule has 0 bridgehead atoms. The first-order chi connectivity index (χ1) is 14.2. The predicted molar refractivity (Wildman–Crippen MR) is 127 cm³/mol. The summed E-state index contributed by atoms with van der Waals surface area (Å²) in [6, 6.07) is 25.6. The smallest absolute Gasteiger partial charge is 0.264 e. The number of amidine groups is 1. The Morgan fingerprint density at radius 3 is 2.55 bits per heavy atom. The van der Waals surface area contributed by atoms with Crippen molar-refractivity contribution in [2.75, 3.05) is 0 Å². The Morgan fingerprint density at radius 2 is 1.79 bits per heavy atom. The van der Waals surface area contributed by atoms with E-state index in [0.29, 0.717) is 16.7 Å². The highest BCUT2D eigenvalue weighted by Crippen LogP contribution is 2.29. The lowest BCUT2D eigenvalue weighted by Crippen LogP contribution is -2.19. The minimum absolute atomic E-state index is 0.135. The molecule has 3 aromatic carbocycles. The van der Waals surface area contributed by atoms with Crippen LogP contribution in [0, 0.1) is 3.57 Å². The maximum atomic E-state index is 12.3. The van der Waals surface area contributed by atoms with E-state index < -0.39 is 0 Å². The Kier molecular flexibility index (Phi) is 6.31. The number of nitrogens with zero attached hydrogens (tertiary/aromatic N) is 1. The van der Waals surface area contributed by atoms with Gasteiger partial charge in [-0.1, -0.05) is 48.5 Å². The van der Waals surface area contributed by atoms with E-state index in [1.165, 1.54) is 11.8 Å². The molecule has 4 nitrogen and oxygen atoms in total. The standard InChI is InChI=1S/C23H17IN2O2S/c24-18-7-4-8-19(14-18)25-23-26-22(27)21(29-23)13-16-9-11-20(12-10-16)28-15-17-5-2-1-3-6-17/h1-14H,15H2,(H,25,26,27)/b21-13+. The van der Waals surface area contributed by atoms with E-state index in [1.807, 2.05) is 84.9 Å². The molecule has 0 atom stereocenters. The molecule has 0 aromatic heterocycles. The summed E-state index contributed by atoms with van der Waals surface area (Å²) in [6.45, 7) is 0.526. The van der Waals surface area contributed by atoms with Gasteiger partial charge in [0, 0.05) is 3.57 Å². The van der Waals surface area contributed by atoms with Crippen LogP contribution in [0.3, 0.4) is 0 Å². The molecule has 1 saturated heterocycles. The Morgan fingerprint density at radius 1 is 1.00 bits per heavy atom. The first-order valence-electron chi connectivity index (χ1n) is 8.98. The number of thioether (sulfide) groups is 1. The van der Waals surface area contributed by atoms with Crippen molar-refractivity contribution in [3.05, 3.63) is 98.5 Å². The number of nitrogens with one attached hydrogen (secondary N) is 1. The number of amides is 1. The summed E-state index contributed by atoms with van der Waals surface area (Å²) >= 11 is 3.58. The van der Waals surface area contributed by atoms with Gasteiger partial charge in [-0.15, -0.1) is 0 Å². The fourth-order valence-corrected chi connectivity index (χ4v) is 4.06. The number of hydrogen-bond acceptors (Lipinski definition) is 4. The Bertz CT molecular complexity index is 1080. The van der Waals surface area contributed by atoms with Gasteiger partial charge in [0.2, 0.25) is 0 Å². The van der Waals surface area contributed by atoms with Crippen LogP contribution in [0.15, 0.2) is 88.8 Å². The molecule has 1 amide bonds. The molecule has 3 aromatic rings. The second-order valence-corrected chi connectivity index (χ2v) is 8.58. The van der Waals surface area contributed by atoms with Gasteiger partial charge < -0.3 is 10.1 Å². The Hall–Kier alpha value is -2.58. The molecular weight excluding hydrogens is 495 g/mol. The molecule has 0 radical (unpaired) electrons. The van der Waals surface area contributed by atoms with Gasteiger partial charge in [-0.2, -0.15) is 0 Å². The summed E-state index contributed by atoms with van der Waals surface area (Å²) in [6.07, 6.45) is 1.86. The normalized spacial score (nSPS) is 16.2. The molecule has 0 unspecified atom stereocenters. The van der Waals surface area contributed by atoms with Gasteiger partial charge in [-0.25, -0.2) is 4.99 Å². The van der Waals surface area contributed by atoms with E-state index in [0.717, 1.165) is 26.1 Å². The summed E-state index contributed by atoms with van der Waals surface area (Å²) in [7, 11) is 0. The number of ether oxygens (including phenoxy) is 1. The fraction of sp³-hybridized carbons (Fsp3) is 0.0435.